The van der Waals surface area contributed by atoms with Gasteiger partial charge < -0.3 is 14.2 Å². The van der Waals surface area contributed by atoms with E-state index in [0.717, 1.165) is 44.7 Å². The van der Waals surface area contributed by atoms with Crippen molar-refractivity contribution in [2.24, 2.45) is 5.92 Å². The number of methoxy groups -OCH3 is 1. The van der Waals surface area contributed by atoms with Gasteiger partial charge in [0.25, 0.3) is 5.91 Å². The summed E-state index contributed by atoms with van der Waals surface area (Å²) in [6.45, 7) is 6.52. The maximum Gasteiger partial charge on any atom is 0.253 e. The monoisotopic (exact) mass is 359 g/mol. The number of imidazole rings is 1. The molecule has 1 aromatic carbocycles. The second kappa shape index (κ2) is 7.89. The minimum atomic E-state index is -0.501. The molecule has 1 aliphatic heterocycles. The van der Waals surface area contributed by atoms with E-state index in [1.54, 1.807) is 6.07 Å². The van der Waals surface area contributed by atoms with E-state index in [-0.39, 0.29) is 11.7 Å². The van der Waals surface area contributed by atoms with Gasteiger partial charge in [-0.2, -0.15) is 0 Å². The van der Waals surface area contributed by atoms with Crippen molar-refractivity contribution in [1.82, 2.24) is 14.5 Å². The third-order valence-corrected chi connectivity index (χ3v) is 5.32. The van der Waals surface area contributed by atoms with E-state index >= 15 is 0 Å². The lowest BCUT2D eigenvalue weighted by atomic mass is 9.93. The first-order chi connectivity index (χ1) is 12.5. The van der Waals surface area contributed by atoms with E-state index < -0.39 is 5.82 Å². The molecule has 0 unspecified atom stereocenters. The number of aryl methyl sites for hydroxylation is 2. The van der Waals surface area contributed by atoms with Crippen molar-refractivity contribution in [2.75, 3.05) is 20.2 Å². The smallest absolute Gasteiger partial charge is 0.253 e. The van der Waals surface area contributed by atoms with Crippen LogP contribution < -0.4 is 4.74 Å². The Balaban J connectivity index is 1.53. The van der Waals surface area contributed by atoms with E-state index in [4.69, 9.17) is 4.74 Å². The van der Waals surface area contributed by atoms with Crippen LogP contribution in [0.5, 0.6) is 5.75 Å². The fourth-order valence-corrected chi connectivity index (χ4v) is 3.64. The summed E-state index contributed by atoms with van der Waals surface area (Å²) in [5.74, 6) is 1.21. The van der Waals surface area contributed by atoms with Crippen molar-refractivity contribution in [1.29, 1.82) is 0 Å². The van der Waals surface area contributed by atoms with Crippen LogP contribution in [0, 0.1) is 25.6 Å². The standard InChI is InChI=1S/C20H26FN3O2/c1-14-13-22-15(2)24(14)11-8-16-6-9-23(10-7-16)20(25)17-4-5-19(26-3)18(21)12-17/h4-5,12-13,16H,6-11H2,1-3H3. The molecule has 1 saturated heterocycles. The Morgan fingerprint density at radius 2 is 2.04 bits per heavy atom. The van der Waals surface area contributed by atoms with Crippen molar-refractivity contribution >= 4 is 5.91 Å². The minimum Gasteiger partial charge on any atom is -0.494 e. The molecule has 2 aromatic rings. The van der Waals surface area contributed by atoms with Gasteiger partial charge in [0.2, 0.25) is 0 Å². The molecule has 0 spiro atoms. The second-order valence-corrected chi connectivity index (χ2v) is 6.97. The minimum absolute atomic E-state index is 0.105. The van der Waals surface area contributed by atoms with Gasteiger partial charge in [-0.3, -0.25) is 4.79 Å². The zero-order chi connectivity index (χ0) is 18.7. The number of aromatic nitrogens is 2. The third-order valence-electron chi connectivity index (χ3n) is 5.32. The van der Waals surface area contributed by atoms with Crippen LogP contribution in [-0.4, -0.2) is 40.6 Å². The number of nitrogens with zero attached hydrogens (tertiary/aromatic N) is 3. The van der Waals surface area contributed by atoms with Gasteiger partial charge in [-0.15, -0.1) is 0 Å². The van der Waals surface area contributed by atoms with Crippen LogP contribution in [0.2, 0.25) is 0 Å². The summed E-state index contributed by atoms with van der Waals surface area (Å²) < 4.78 is 21.0. The highest BCUT2D eigenvalue weighted by molar-refractivity contribution is 5.94. The SMILES string of the molecule is COc1ccc(C(=O)N2CCC(CCn3c(C)cnc3C)CC2)cc1F. The Labute approximate surface area is 153 Å². The second-order valence-electron chi connectivity index (χ2n) is 6.97. The van der Waals surface area contributed by atoms with Crippen LogP contribution in [0.15, 0.2) is 24.4 Å². The molecule has 6 heteroatoms. The van der Waals surface area contributed by atoms with Gasteiger partial charge in [-0.05, 0) is 57.2 Å². The molecular formula is C20H26FN3O2. The molecule has 140 valence electrons. The number of carbonyl (C=O) groups is 1. The molecule has 0 aliphatic carbocycles. The summed E-state index contributed by atoms with van der Waals surface area (Å²) in [4.78, 5) is 18.8. The number of likely N-dealkylation sites (tertiary alicyclic amines) is 1. The Hall–Kier alpha value is -2.37. The molecule has 1 aromatic heterocycles. The summed E-state index contributed by atoms with van der Waals surface area (Å²) in [5, 5.41) is 0. The molecule has 1 aliphatic rings. The zero-order valence-electron chi connectivity index (χ0n) is 15.7. The summed E-state index contributed by atoms with van der Waals surface area (Å²) in [5.41, 5.74) is 1.57. The molecule has 3 rings (SSSR count). The lowest BCUT2D eigenvalue weighted by Crippen LogP contribution is -2.38. The Morgan fingerprint density at radius 3 is 2.62 bits per heavy atom. The van der Waals surface area contributed by atoms with E-state index in [9.17, 15) is 9.18 Å². The van der Waals surface area contributed by atoms with Crippen LogP contribution >= 0.6 is 0 Å². The number of hydrogen-bond acceptors (Lipinski definition) is 3. The van der Waals surface area contributed by atoms with Crippen LogP contribution in [0.25, 0.3) is 0 Å². The third kappa shape index (κ3) is 3.89. The van der Waals surface area contributed by atoms with Gasteiger partial charge in [0, 0.05) is 37.1 Å². The van der Waals surface area contributed by atoms with Crippen LogP contribution in [0.4, 0.5) is 4.39 Å². The molecule has 0 N–H and O–H groups in total. The highest BCUT2D eigenvalue weighted by Crippen LogP contribution is 2.24. The topological polar surface area (TPSA) is 47.4 Å². The maximum atomic E-state index is 13.8. The fourth-order valence-electron chi connectivity index (χ4n) is 3.64. The van der Waals surface area contributed by atoms with Crippen LogP contribution in [-0.2, 0) is 6.54 Å². The van der Waals surface area contributed by atoms with Gasteiger partial charge in [-0.1, -0.05) is 0 Å². The Morgan fingerprint density at radius 1 is 1.31 bits per heavy atom. The first kappa shape index (κ1) is 18.4. The number of halogens is 1. The van der Waals surface area contributed by atoms with Gasteiger partial charge in [0.15, 0.2) is 11.6 Å². The van der Waals surface area contributed by atoms with Gasteiger partial charge >= 0.3 is 0 Å². The molecule has 2 heterocycles. The highest BCUT2D eigenvalue weighted by Gasteiger charge is 2.24. The average molecular weight is 359 g/mol. The molecule has 26 heavy (non-hydrogen) atoms. The van der Waals surface area contributed by atoms with Crippen molar-refractivity contribution in [2.45, 2.75) is 39.7 Å². The Bertz CT molecular complexity index is 760. The number of rotatable bonds is 5. The number of amides is 1. The molecule has 0 atom stereocenters. The first-order valence-electron chi connectivity index (χ1n) is 9.11. The predicted octanol–water partition coefficient (Wildman–Crippen LogP) is 3.59. The van der Waals surface area contributed by atoms with Crippen molar-refractivity contribution in [3.05, 3.63) is 47.3 Å². The number of piperidine rings is 1. The number of ether oxygens (including phenoxy) is 1. The molecule has 0 bridgehead atoms. The van der Waals surface area contributed by atoms with Crippen molar-refractivity contribution < 1.29 is 13.9 Å². The quantitative estimate of drug-likeness (QED) is 0.820. The molecule has 1 fully saturated rings. The van der Waals surface area contributed by atoms with Gasteiger partial charge in [0.1, 0.15) is 5.82 Å². The van der Waals surface area contributed by atoms with Crippen LogP contribution in [0.3, 0.4) is 0 Å². The molecule has 5 nitrogen and oxygen atoms in total. The lowest BCUT2D eigenvalue weighted by Gasteiger charge is -2.32. The van der Waals surface area contributed by atoms with Crippen molar-refractivity contribution in [3.63, 3.8) is 0 Å². The zero-order valence-corrected chi connectivity index (χ0v) is 15.7. The van der Waals surface area contributed by atoms with E-state index in [1.165, 1.54) is 24.9 Å². The number of carbonyl (C=O) groups excluding carboxylic acids is 1. The summed E-state index contributed by atoms with van der Waals surface area (Å²) >= 11 is 0. The summed E-state index contributed by atoms with van der Waals surface area (Å²) in [6.07, 6.45) is 4.97. The first-order valence-corrected chi connectivity index (χ1v) is 9.11. The maximum absolute atomic E-state index is 13.8. The predicted molar refractivity (Wildman–Crippen MR) is 97.9 cm³/mol. The van der Waals surface area contributed by atoms with E-state index in [0.29, 0.717) is 11.5 Å². The molecule has 1 amide bonds. The van der Waals surface area contributed by atoms with Gasteiger partial charge in [0.05, 0.1) is 7.11 Å². The Kier molecular flexibility index (Phi) is 5.59. The fraction of sp³-hybridized carbons (Fsp3) is 0.500. The summed E-state index contributed by atoms with van der Waals surface area (Å²) in [6, 6.07) is 4.39. The van der Waals surface area contributed by atoms with Crippen molar-refractivity contribution in [3.8, 4) is 5.75 Å². The molecule has 0 radical (unpaired) electrons. The number of benzene rings is 1. The molecule has 0 saturated carbocycles. The number of hydrogen-bond donors (Lipinski definition) is 0. The lowest BCUT2D eigenvalue weighted by molar-refractivity contribution is 0.0684. The van der Waals surface area contributed by atoms with E-state index in [2.05, 4.69) is 16.5 Å². The normalized spacial score (nSPS) is 15.3. The van der Waals surface area contributed by atoms with E-state index in [1.807, 2.05) is 18.0 Å². The average Bonchev–Trinajstić information content (AvgIpc) is 2.97. The largest absolute Gasteiger partial charge is 0.494 e. The van der Waals surface area contributed by atoms with Crippen LogP contribution in [0.1, 0.15) is 41.1 Å². The highest BCUT2D eigenvalue weighted by atomic mass is 19.1. The molecular weight excluding hydrogens is 333 g/mol. The summed E-state index contributed by atoms with van der Waals surface area (Å²) in [7, 11) is 1.41. The van der Waals surface area contributed by atoms with Gasteiger partial charge in [-0.25, -0.2) is 9.37 Å².